The van der Waals surface area contributed by atoms with E-state index in [0.29, 0.717) is 11.8 Å². The highest BCUT2D eigenvalue weighted by atomic mass is 35.5. The first-order valence-electron chi connectivity index (χ1n) is 7.76. The molecule has 2 fully saturated rings. The monoisotopic (exact) mass is 316 g/mol. The van der Waals surface area contributed by atoms with Gasteiger partial charge in [0.25, 0.3) is 0 Å². The van der Waals surface area contributed by atoms with Gasteiger partial charge in [-0.1, -0.05) is 42.5 Å². The number of likely N-dealkylation sites (tertiary alicyclic amines) is 1. The SMILES string of the molecule is Cl.N[C@@H]1CCN(C(=O)C2CC2c2cccc3ccccc23)C1. The molecule has 22 heavy (non-hydrogen) atoms. The molecule has 3 nitrogen and oxygen atoms in total. The molecule has 1 saturated carbocycles. The summed E-state index contributed by atoms with van der Waals surface area (Å²) in [5.74, 6) is 0.863. The molecule has 2 unspecified atom stereocenters. The molecule has 3 atom stereocenters. The Morgan fingerprint density at radius 3 is 2.68 bits per heavy atom. The van der Waals surface area contributed by atoms with Gasteiger partial charge in [0.1, 0.15) is 0 Å². The minimum Gasteiger partial charge on any atom is -0.341 e. The van der Waals surface area contributed by atoms with Crippen molar-refractivity contribution in [3.63, 3.8) is 0 Å². The third kappa shape index (κ3) is 2.59. The number of carbonyl (C=O) groups excluding carboxylic acids is 1. The highest BCUT2D eigenvalue weighted by molar-refractivity contribution is 5.89. The van der Waals surface area contributed by atoms with Gasteiger partial charge < -0.3 is 10.6 Å². The van der Waals surface area contributed by atoms with Crippen molar-refractivity contribution in [2.45, 2.75) is 24.8 Å². The van der Waals surface area contributed by atoms with Crippen molar-refractivity contribution in [2.75, 3.05) is 13.1 Å². The number of nitrogens with two attached hydrogens (primary N) is 1. The zero-order valence-electron chi connectivity index (χ0n) is 12.4. The molecule has 1 heterocycles. The molecule has 2 N–H and O–H groups in total. The lowest BCUT2D eigenvalue weighted by Crippen LogP contribution is -2.33. The molecule has 0 radical (unpaired) electrons. The van der Waals surface area contributed by atoms with Gasteiger partial charge in [-0.2, -0.15) is 0 Å². The van der Waals surface area contributed by atoms with Crippen molar-refractivity contribution in [2.24, 2.45) is 11.7 Å². The number of hydrogen-bond donors (Lipinski definition) is 1. The number of carbonyl (C=O) groups is 1. The van der Waals surface area contributed by atoms with Crippen LogP contribution in [0.1, 0.15) is 24.3 Å². The highest BCUT2D eigenvalue weighted by Gasteiger charge is 2.47. The van der Waals surface area contributed by atoms with Crippen LogP contribution < -0.4 is 5.73 Å². The van der Waals surface area contributed by atoms with Crippen LogP contribution in [-0.2, 0) is 4.79 Å². The van der Waals surface area contributed by atoms with Gasteiger partial charge in [-0.05, 0) is 35.1 Å². The Hall–Kier alpha value is -1.58. The molecular formula is C18H21ClN2O. The molecule has 1 aliphatic heterocycles. The first-order chi connectivity index (χ1) is 10.2. The first kappa shape index (κ1) is 15.3. The molecule has 4 heteroatoms. The number of hydrogen-bond acceptors (Lipinski definition) is 2. The predicted molar refractivity (Wildman–Crippen MR) is 91.2 cm³/mol. The zero-order valence-corrected chi connectivity index (χ0v) is 13.3. The lowest BCUT2D eigenvalue weighted by atomic mass is 10.00. The molecule has 2 aromatic carbocycles. The number of nitrogens with zero attached hydrogens (tertiary/aromatic N) is 1. The molecule has 0 bridgehead atoms. The summed E-state index contributed by atoms with van der Waals surface area (Å²) in [6.07, 6.45) is 1.93. The van der Waals surface area contributed by atoms with E-state index in [1.54, 1.807) is 0 Å². The van der Waals surface area contributed by atoms with Crippen molar-refractivity contribution >= 4 is 29.1 Å². The molecule has 1 amide bonds. The van der Waals surface area contributed by atoms with Crippen LogP contribution in [0.4, 0.5) is 0 Å². The van der Waals surface area contributed by atoms with Gasteiger partial charge in [0.2, 0.25) is 5.91 Å². The molecule has 2 aliphatic rings. The van der Waals surface area contributed by atoms with Crippen molar-refractivity contribution in [1.29, 1.82) is 0 Å². The molecule has 1 saturated heterocycles. The van der Waals surface area contributed by atoms with E-state index in [-0.39, 0.29) is 24.4 Å². The van der Waals surface area contributed by atoms with Gasteiger partial charge in [0.05, 0.1) is 0 Å². The third-order valence-corrected chi connectivity index (χ3v) is 4.87. The number of benzene rings is 2. The number of halogens is 1. The van der Waals surface area contributed by atoms with E-state index in [4.69, 9.17) is 5.73 Å². The lowest BCUT2D eigenvalue weighted by Gasteiger charge is -2.16. The van der Waals surface area contributed by atoms with E-state index < -0.39 is 0 Å². The quantitative estimate of drug-likeness (QED) is 0.926. The van der Waals surface area contributed by atoms with E-state index in [9.17, 15) is 4.79 Å². The minimum atomic E-state index is 0. The fourth-order valence-electron chi connectivity index (χ4n) is 3.61. The van der Waals surface area contributed by atoms with Crippen molar-refractivity contribution in [1.82, 2.24) is 4.90 Å². The minimum absolute atomic E-state index is 0. The fraction of sp³-hybridized carbons (Fsp3) is 0.389. The van der Waals surface area contributed by atoms with E-state index in [0.717, 1.165) is 25.9 Å². The van der Waals surface area contributed by atoms with Crippen molar-refractivity contribution in [3.8, 4) is 0 Å². The molecule has 116 valence electrons. The van der Waals surface area contributed by atoms with Gasteiger partial charge in [0.15, 0.2) is 0 Å². The standard InChI is InChI=1S/C18H20N2O.ClH/c19-13-8-9-20(11-13)18(21)17-10-16(17)15-7-3-5-12-4-1-2-6-14(12)15;/h1-7,13,16-17H,8-11,19H2;1H/t13-,16?,17?;/m1./s1. The zero-order chi connectivity index (χ0) is 14.4. The van der Waals surface area contributed by atoms with Crippen LogP contribution in [0.2, 0.25) is 0 Å². The molecular weight excluding hydrogens is 296 g/mol. The summed E-state index contributed by atoms with van der Waals surface area (Å²) >= 11 is 0. The summed E-state index contributed by atoms with van der Waals surface area (Å²) in [6.45, 7) is 1.57. The molecule has 1 aliphatic carbocycles. The maximum absolute atomic E-state index is 12.5. The topological polar surface area (TPSA) is 46.3 Å². The van der Waals surface area contributed by atoms with Crippen LogP contribution in [0.15, 0.2) is 42.5 Å². The summed E-state index contributed by atoms with van der Waals surface area (Å²) in [6, 6.07) is 15.0. The first-order valence-corrected chi connectivity index (χ1v) is 7.76. The second-order valence-corrected chi connectivity index (χ2v) is 6.35. The maximum Gasteiger partial charge on any atom is 0.226 e. The molecule has 4 rings (SSSR count). The van der Waals surface area contributed by atoms with Crippen molar-refractivity contribution < 1.29 is 4.79 Å². The van der Waals surface area contributed by atoms with E-state index in [1.807, 2.05) is 4.90 Å². The summed E-state index contributed by atoms with van der Waals surface area (Å²) < 4.78 is 0. The van der Waals surface area contributed by atoms with Gasteiger partial charge in [-0.15, -0.1) is 12.4 Å². The average Bonchev–Trinajstić information content (AvgIpc) is 3.19. The van der Waals surface area contributed by atoms with E-state index >= 15 is 0 Å². The van der Waals surface area contributed by atoms with Crippen molar-refractivity contribution in [3.05, 3.63) is 48.0 Å². The van der Waals surface area contributed by atoms with Gasteiger partial charge in [-0.3, -0.25) is 4.79 Å². The highest BCUT2D eigenvalue weighted by Crippen LogP contribution is 2.50. The number of fused-ring (bicyclic) bond motifs is 1. The number of amides is 1. The van der Waals surface area contributed by atoms with Crippen LogP contribution in [0.3, 0.4) is 0 Å². The second kappa shape index (κ2) is 5.90. The second-order valence-electron chi connectivity index (χ2n) is 6.35. The smallest absolute Gasteiger partial charge is 0.226 e. The largest absolute Gasteiger partial charge is 0.341 e. The summed E-state index contributed by atoms with van der Waals surface area (Å²) in [5, 5.41) is 2.55. The molecule has 2 aromatic rings. The van der Waals surface area contributed by atoms with Gasteiger partial charge >= 0.3 is 0 Å². The van der Waals surface area contributed by atoms with Crippen LogP contribution >= 0.6 is 12.4 Å². The Bertz CT molecular complexity index is 697. The number of rotatable bonds is 2. The van der Waals surface area contributed by atoms with Crippen LogP contribution in [0.25, 0.3) is 10.8 Å². The van der Waals surface area contributed by atoms with Gasteiger partial charge in [-0.25, -0.2) is 0 Å². The Kier molecular flexibility index (Phi) is 4.11. The third-order valence-electron chi connectivity index (χ3n) is 4.87. The predicted octanol–water partition coefficient (Wildman–Crippen LogP) is 2.92. The fourth-order valence-corrected chi connectivity index (χ4v) is 3.61. The van der Waals surface area contributed by atoms with Crippen LogP contribution in [0, 0.1) is 5.92 Å². The average molecular weight is 317 g/mol. The van der Waals surface area contributed by atoms with Crippen LogP contribution in [0.5, 0.6) is 0 Å². The van der Waals surface area contributed by atoms with Gasteiger partial charge in [0, 0.05) is 25.0 Å². The summed E-state index contributed by atoms with van der Waals surface area (Å²) in [4.78, 5) is 14.5. The normalized spacial score (nSPS) is 26.8. The van der Waals surface area contributed by atoms with E-state index in [1.165, 1.54) is 16.3 Å². The Morgan fingerprint density at radius 1 is 1.14 bits per heavy atom. The summed E-state index contributed by atoms with van der Waals surface area (Å²) in [7, 11) is 0. The maximum atomic E-state index is 12.5. The Labute approximate surface area is 136 Å². The Morgan fingerprint density at radius 2 is 1.91 bits per heavy atom. The molecule has 0 aromatic heterocycles. The molecule has 0 spiro atoms. The van der Waals surface area contributed by atoms with E-state index in [2.05, 4.69) is 42.5 Å². The Balaban J connectivity index is 0.00000144. The lowest BCUT2D eigenvalue weighted by molar-refractivity contribution is -0.131. The summed E-state index contributed by atoms with van der Waals surface area (Å²) in [5.41, 5.74) is 7.24. The van der Waals surface area contributed by atoms with Crippen LogP contribution in [-0.4, -0.2) is 29.9 Å².